The number of nitrogens with one attached hydrogen (secondary N) is 2. The largest absolute Gasteiger partial charge is 0.497 e. The van der Waals surface area contributed by atoms with Crippen molar-refractivity contribution in [2.24, 2.45) is 0 Å². The average molecular weight is 295 g/mol. The van der Waals surface area contributed by atoms with Crippen molar-refractivity contribution >= 4 is 17.3 Å². The van der Waals surface area contributed by atoms with Gasteiger partial charge in [-0.25, -0.2) is 0 Å². The Morgan fingerprint density at radius 2 is 1.73 bits per heavy atom. The smallest absolute Gasteiger partial charge is 0.226 e. The van der Waals surface area contributed by atoms with Crippen LogP contribution in [0, 0.1) is 11.3 Å². The van der Waals surface area contributed by atoms with Crippen LogP contribution in [0.5, 0.6) is 5.75 Å². The van der Waals surface area contributed by atoms with Crippen LogP contribution in [-0.2, 0) is 4.79 Å². The maximum Gasteiger partial charge on any atom is 0.226 e. The molecule has 0 bridgehead atoms. The van der Waals surface area contributed by atoms with Crippen LogP contribution in [0.3, 0.4) is 0 Å². The lowest BCUT2D eigenvalue weighted by Gasteiger charge is -2.08. The third-order valence-corrected chi connectivity index (χ3v) is 3.07. The Morgan fingerprint density at radius 3 is 2.32 bits per heavy atom. The number of hydrogen-bond acceptors (Lipinski definition) is 4. The van der Waals surface area contributed by atoms with Crippen molar-refractivity contribution < 1.29 is 9.53 Å². The SMILES string of the molecule is COc1ccc(NC(=O)CCNc2ccc(C#N)cc2)cc1. The molecule has 0 aliphatic heterocycles. The number of nitrogens with zero attached hydrogens (tertiary/aromatic N) is 1. The quantitative estimate of drug-likeness (QED) is 0.859. The standard InChI is InChI=1S/C17H17N3O2/c1-22-16-8-6-15(7-9-16)20-17(21)10-11-19-14-4-2-13(12-18)3-5-14/h2-9,19H,10-11H2,1H3,(H,20,21). The average Bonchev–Trinajstić information content (AvgIpc) is 2.56. The number of rotatable bonds is 6. The number of ether oxygens (including phenoxy) is 1. The van der Waals surface area contributed by atoms with Crippen molar-refractivity contribution in [2.45, 2.75) is 6.42 Å². The number of carbonyl (C=O) groups is 1. The topological polar surface area (TPSA) is 74.2 Å². The van der Waals surface area contributed by atoms with E-state index in [1.165, 1.54) is 0 Å². The fourth-order valence-corrected chi connectivity index (χ4v) is 1.88. The minimum Gasteiger partial charge on any atom is -0.497 e. The number of anilines is 2. The predicted molar refractivity (Wildman–Crippen MR) is 85.9 cm³/mol. The van der Waals surface area contributed by atoms with Gasteiger partial charge in [0.25, 0.3) is 0 Å². The number of amides is 1. The van der Waals surface area contributed by atoms with E-state index in [4.69, 9.17) is 10.00 Å². The Morgan fingerprint density at radius 1 is 1.09 bits per heavy atom. The number of carbonyl (C=O) groups excluding carboxylic acids is 1. The second-order valence-electron chi connectivity index (χ2n) is 4.64. The van der Waals surface area contributed by atoms with E-state index < -0.39 is 0 Å². The molecule has 0 heterocycles. The molecule has 112 valence electrons. The molecule has 5 heteroatoms. The molecule has 0 saturated carbocycles. The fraction of sp³-hybridized carbons (Fsp3) is 0.176. The molecule has 5 nitrogen and oxygen atoms in total. The summed E-state index contributed by atoms with van der Waals surface area (Å²) in [6.07, 6.45) is 0.353. The zero-order valence-corrected chi connectivity index (χ0v) is 12.3. The van der Waals surface area contributed by atoms with Gasteiger partial charge in [-0.05, 0) is 48.5 Å². The molecule has 0 fully saturated rings. The molecular formula is C17H17N3O2. The Bertz CT molecular complexity index is 658. The molecule has 22 heavy (non-hydrogen) atoms. The van der Waals surface area contributed by atoms with E-state index in [-0.39, 0.29) is 5.91 Å². The first-order valence-corrected chi connectivity index (χ1v) is 6.89. The summed E-state index contributed by atoms with van der Waals surface area (Å²) >= 11 is 0. The summed E-state index contributed by atoms with van der Waals surface area (Å²) < 4.78 is 5.06. The van der Waals surface area contributed by atoms with Gasteiger partial charge in [-0.1, -0.05) is 0 Å². The highest BCUT2D eigenvalue weighted by molar-refractivity contribution is 5.91. The van der Waals surface area contributed by atoms with Crippen LogP contribution in [0.15, 0.2) is 48.5 Å². The maximum absolute atomic E-state index is 11.8. The summed E-state index contributed by atoms with van der Waals surface area (Å²) in [7, 11) is 1.60. The van der Waals surface area contributed by atoms with E-state index in [1.54, 1.807) is 43.5 Å². The summed E-state index contributed by atoms with van der Waals surface area (Å²) in [5.41, 5.74) is 2.24. The Kier molecular flexibility index (Phi) is 5.38. The number of nitriles is 1. The molecular weight excluding hydrogens is 278 g/mol. The van der Waals surface area contributed by atoms with Gasteiger partial charge in [-0.2, -0.15) is 5.26 Å². The maximum atomic E-state index is 11.8. The highest BCUT2D eigenvalue weighted by Crippen LogP contribution is 2.15. The van der Waals surface area contributed by atoms with Gasteiger partial charge in [0.05, 0.1) is 18.7 Å². The molecule has 0 spiro atoms. The summed E-state index contributed by atoms with van der Waals surface area (Å²) in [6, 6.07) is 16.4. The van der Waals surface area contributed by atoms with Gasteiger partial charge in [0.1, 0.15) is 5.75 Å². The molecule has 2 rings (SSSR count). The van der Waals surface area contributed by atoms with E-state index in [0.717, 1.165) is 17.1 Å². The van der Waals surface area contributed by atoms with Crippen LogP contribution >= 0.6 is 0 Å². The van der Waals surface area contributed by atoms with Gasteiger partial charge in [0.15, 0.2) is 0 Å². The van der Waals surface area contributed by atoms with E-state index in [2.05, 4.69) is 16.7 Å². The van der Waals surface area contributed by atoms with Crippen LogP contribution in [0.25, 0.3) is 0 Å². The first kappa shape index (κ1) is 15.4. The highest BCUT2D eigenvalue weighted by atomic mass is 16.5. The van der Waals surface area contributed by atoms with Gasteiger partial charge in [0.2, 0.25) is 5.91 Å². The summed E-state index contributed by atoms with van der Waals surface area (Å²) in [5, 5.41) is 14.7. The molecule has 2 aromatic rings. The van der Waals surface area contributed by atoms with Crippen LogP contribution < -0.4 is 15.4 Å². The first-order chi connectivity index (χ1) is 10.7. The van der Waals surface area contributed by atoms with Crippen LogP contribution in [-0.4, -0.2) is 19.6 Å². The molecule has 0 aromatic heterocycles. The molecule has 0 unspecified atom stereocenters. The van der Waals surface area contributed by atoms with Gasteiger partial charge < -0.3 is 15.4 Å². The summed E-state index contributed by atoms with van der Waals surface area (Å²) in [5.74, 6) is 0.687. The lowest BCUT2D eigenvalue weighted by Crippen LogP contribution is -2.16. The first-order valence-electron chi connectivity index (χ1n) is 6.89. The fourth-order valence-electron chi connectivity index (χ4n) is 1.88. The van der Waals surface area contributed by atoms with Crippen molar-refractivity contribution in [3.05, 3.63) is 54.1 Å². The number of hydrogen-bond donors (Lipinski definition) is 2. The molecule has 0 atom stereocenters. The number of methoxy groups -OCH3 is 1. The normalized spacial score (nSPS) is 9.64. The molecule has 0 radical (unpaired) electrons. The van der Waals surface area contributed by atoms with Crippen molar-refractivity contribution in [3.8, 4) is 11.8 Å². The minimum absolute atomic E-state index is 0.0636. The van der Waals surface area contributed by atoms with Crippen LogP contribution in [0.4, 0.5) is 11.4 Å². The monoisotopic (exact) mass is 295 g/mol. The van der Waals surface area contributed by atoms with Crippen LogP contribution in [0.1, 0.15) is 12.0 Å². The third-order valence-electron chi connectivity index (χ3n) is 3.07. The van der Waals surface area contributed by atoms with E-state index in [1.807, 2.05) is 12.1 Å². The third kappa shape index (κ3) is 4.53. The lowest BCUT2D eigenvalue weighted by molar-refractivity contribution is -0.115. The van der Waals surface area contributed by atoms with Crippen molar-refractivity contribution in [2.75, 3.05) is 24.3 Å². The second kappa shape index (κ2) is 7.70. The van der Waals surface area contributed by atoms with E-state index >= 15 is 0 Å². The molecule has 0 aliphatic carbocycles. The molecule has 2 aromatic carbocycles. The van der Waals surface area contributed by atoms with Gasteiger partial charge in [-0.3, -0.25) is 4.79 Å². The zero-order valence-electron chi connectivity index (χ0n) is 12.3. The number of benzene rings is 2. The van der Waals surface area contributed by atoms with E-state index in [0.29, 0.717) is 18.5 Å². The second-order valence-corrected chi connectivity index (χ2v) is 4.64. The van der Waals surface area contributed by atoms with Gasteiger partial charge in [-0.15, -0.1) is 0 Å². The molecule has 1 amide bonds. The van der Waals surface area contributed by atoms with Crippen molar-refractivity contribution in [3.63, 3.8) is 0 Å². The van der Waals surface area contributed by atoms with Gasteiger partial charge >= 0.3 is 0 Å². The van der Waals surface area contributed by atoms with E-state index in [9.17, 15) is 4.79 Å². The molecule has 2 N–H and O–H groups in total. The van der Waals surface area contributed by atoms with Crippen molar-refractivity contribution in [1.29, 1.82) is 5.26 Å². The predicted octanol–water partition coefficient (Wildman–Crippen LogP) is 3.01. The summed E-state index contributed by atoms with van der Waals surface area (Å²) in [6.45, 7) is 0.522. The minimum atomic E-state index is -0.0636. The summed E-state index contributed by atoms with van der Waals surface area (Å²) in [4.78, 5) is 11.8. The van der Waals surface area contributed by atoms with Crippen molar-refractivity contribution in [1.82, 2.24) is 0 Å². The van der Waals surface area contributed by atoms with Crippen LogP contribution in [0.2, 0.25) is 0 Å². The Labute approximate surface area is 129 Å². The Balaban J connectivity index is 1.76. The molecule has 0 saturated heterocycles. The lowest BCUT2D eigenvalue weighted by atomic mass is 10.2. The zero-order chi connectivity index (χ0) is 15.8. The molecule has 0 aliphatic rings. The Hall–Kier alpha value is -3.00. The van der Waals surface area contributed by atoms with Gasteiger partial charge in [0, 0.05) is 24.3 Å². The highest BCUT2D eigenvalue weighted by Gasteiger charge is 2.02.